The van der Waals surface area contributed by atoms with Gasteiger partial charge in [-0.05, 0) is 32.4 Å². The summed E-state index contributed by atoms with van der Waals surface area (Å²) in [6.07, 6.45) is 1.50. The van der Waals surface area contributed by atoms with Crippen LogP contribution in [0.25, 0.3) is 0 Å². The van der Waals surface area contributed by atoms with Crippen LogP contribution in [0.15, 0.2) is 0 Å². The van der Waals surface area contributed by atoms with Crippen LogP contribution in [0, 0.1) is 5.41 Å². The Balaban J connectivity index is 2.82. The van der Waals surface area contributed by atoms with E-state index in [1.807, 2.05) is 0 Å². The minimum Gasteiger partial charge on any atom is -0.481 e. The molecule has 0 spiro atoms. The van der Waals surface area contributed by atoms with Gasteiger partial charge in [0.05, 0.1) is 11.0 Å². The standard InChI is InChI=1S/C9H16O3S/c1-8(2,7(10)11)9(12)4-3-5-13-6-9/h12H,3-6H2,1-2H3,(H,10,11). The highest BCUT2D eigenvalue weighted by molar-refractivity contribution is 7.99. The maximum atomic E-state index is 11.0. The van der Waals surface area contributed by atoms with E-state index >= 15 is 0 Å². The van der Waals surface area contributed by atoms with Crippen LogP contribution in [0.4, 0.5) is 0 Å². The van der Waals surface area contributed by atoms with Gasteiger partial charge >= 0.3 is 5.97 Å². The zero-order chi connectivity index (χ0) is 10.1. The van der Waals surface area contributed by atoms with E-state index in [9.17, 15) is 9.90 Å². The van der Waals surface area contributed by atoms with Gasteiger partial charge in [0, 0.05) is 5.75 Å². The van der Waals surface area contributed by atoms with Gasteiger partial charge < -0.3 is 10.2 Å². The van der Waals surface area contributed by atoms with Crippen LogP contribution in [0.5, 0.6) is 0 Å². The van der Waals surface area contributed by atoms with Crippen molar-refractivity contribution in [3.63, 3.8) is 0 Å². The minimum absolute atomic E-state index is 0.534. The van der Waals surface area contributed by atoms with Crippen LogP contribution in [-0.2, 0) is 4.79 Å². The fourth-order valence-electron chi connectivity index (χ4n) is 1.47. The number of aliphatic hydroxyl groups is 1. The van der Waals surface area contributed by atoms with Crippen molar-refractivity contribution in [1.29, 1.82) is 0 Å². The molecule has 1 aliphatic rings. The number of carbonyl (C=O) groups is 1. The molecule has 1 rings (SSSR count). The molecule has 2 N–H and O–H groups in total. The lowest BCUT2D eigenvalue weighted by Gasteiger charge is -2.41. The summed E-state index contributed by atoms with van der Waals surface area (Å²) in [6.45, 7) is 3.20. The Kier molecular flexibility index (Phi) is 2.92. The maximum absolute atomic E-state index is 11.0. The van der Waals surface area contributed by atoms with Crippen molar-refractivity contribution >= 4 is 17.7 Å². The van der Waals surface area contributed by atoms with Gasteiger partial charge in [0.1, 0.15) is 0 Å². The molecule has 1 unspecified atom stereocenters. The van der Waals surface area contributed by atoms with Crippen molar-refractivity contribution in [1.82, 2.24) is 0 Å². The first-order chi connectivity index (χ1) is 5.90. The Hall–Kier alpha value is -0.220. The molecule has 0 aromatic carbocycles. The molecule has 0 radical (unpaired) electrons. The highest BCUT2D eigenvalue weighted by atomic mass is 32.2. The average molecular weight is 204 g/mol. The topological polar surface area (TPSA) is 57.5 Å². The number of hydrogen-bond donors (Lipinski definition) is 2. The van der Waals surface area contributed by atoms with Gasteiger partial charge in [-0.15, -0.1) is 0 Å². The molecule has 1 atom stereocenters. The third-order valence-electron chi connectivity index (χ3n) is 2.92. The lowest BCUT2D eigenvalue weighted by molar-refractivity contribution is -0.163. The molecule has 13 heavy (non-hydrogen) atoms. The predicted molar refractivity (Wildman–Crippen MR) is 52.9 cm³/mol. The van der Waals surface area contributed by atoms with Gasteiger partial charge in [0.15, 0.2) is 0 Å². The molecular weight excluding hydrogens is 188 g/mol. The summed E-state index contributed by atoms with van der Waals surface area (Å²) in [5.74, 6) is 0.641. The van der Waals surface area contributed by atoms with Gasteiger partial charge in [0.25, 0.3) is 0 Å². The zero-order valence-electron chi connectivity index (χ0n) is 8.04. The molecule has 3 nitrogen and oxygen atoms in total. The molecular formula is C9H16O3S. The van der Waals surface area contributed by atoms with Crippen molar-refractivity contribution in [3.8, 4) is 0 Å². The van der Waals surface area contributed by atoms with Gasteiger partial charge in [-0.3, -0.25) is 4.79 Å². The van der Waals surface area contributed by atoms with Gasteiger partial charge in [0.2, 0.25) is 0 Å². The molecule has 1 saturated heterocycles. The summed E-state index contributed by atoms with van der Waals surface area (Å²) in [6, 6.07) is 0. The first kappa shape index (κ1) is 10.9. The number of hydrogen-bond acceptors (Lipinski definition) is 3. The molecule has 4 heteroatoms. The number of carboxylic acids is 1. The Morgan fingerprint density at radius 1 is 1.54 bits per heavy atom. The monoisotopic (exact) mass is 204 g/mol. The van der Waals surface area contributed by atoms with E-state index in [0.717, 1.165) is 12.2 Å². The van der Waals surface area contributed by atoms with Crippen LogP contribution in [-0.4, -0.2) is 33.3 Å². The molecule has 0 amide bonds. The zero-order valence-corrected chi connectivity index (χ0v) is 8.86. The van der Waals surface area contributed by atoms with E-state index in [1.165, 1.54) is 0 Å². The van der Waals surface area contributed by atoms with Crippen molar-refractivity contribution in [2.24, 2.45) is 5.41 Å². The molecule has 1 heterocycles. The van der Waals surface area contributed by atoms with Crippen molar-refractivity contribution in [3.05, 3.63) is 0 Å². The first-order valence-corrected chi connectivity index (χ1v) is 5.59. The highest BCUT2D eigenvalue weighted by Gasteiger charge is 2.49. The lowest BCUT2D eigenvalue weighted by atomic mass is 9.73. The molecule has 0 aromatic heterocycles. The molecule has 0 saturated carbocycles. The van der Waals surface area contributed by atoms with Crippen molar-refractivity contribution in [2.45, 2.75) is 32.3 Å². The molecule has 0 aromatic rings. The summed E-state index contributed by atoms with van der Waals surface area (Å²) in [5, 5.41) is 19.2. The fraction of sp³-hybridized carbons (Fsp3) is 0.889. The summed E-state index contributed by atoms with van der Waals surface area (Å²) >= 11 is 1.63. The fourth-order valence-corrected chi connectivity index (χ4v) is 2.81. The van der Waals surface area contributed by atoms with E-state index in [1.54, 1.807) is 25.6 Å². The maximum Gasteiger partial charge on any atom is 0.312 e. The smallest absolute Gasteiger partial charge is 0.312 e. The molecule has 76 valence electrons. The third kappa shape index (κ3) is 1.83. The summed E-state index contributed by atoms with van der Waals surface area (Å²) < 4.78 is 0. The summed E-state index contributed by atoms with van der Waals surface area (Å²) in [4.78, 5) is 11.0. The van der Waals surface area contributed by atoms with Gasteiger partial charge in [-0.25, -0.2) is 0 Å². The van der Waals surface area contributed by atoms with E-state index in [-0.39, 0.29) is 0 Å². The van der Waals surface area contributed by atoms with E-state index in [0.29, 0.717) is 12.2 Å². The second-order valence-corrected chi connectivity index (χ2v) is 5.22. The highest BCUT2D eigenvalue weighted by Crippen LogP contribution is 2.40. The Labute approximate surface area is 82.5 Å². The number of carboxylic acid groups (broad SMARTS) is 1. The minimum atomic E-state index is -1.04. The molecule has 1 fully saturated rings. The van der Waals surface area contributed by atoms with Crippen LogP contribution >= 0.6 is 11.8 Å². The second kappa shape index (κ2) is 3.50. The lowest BCUT2D eigenvalue weighted by Crippen LogP contribution is -2.52. The van der Waals surface area contributed by atoms with Crippen LogP contribution in [0.2, 0.25) is 0 Å². The summed E-state index contributed by atoms with van der Waals surface area (Å²) in [7, 11) is 0. The Morgan fingerprint density at radius 3 is 2.54 bits per heavy atom. The van der Waals surface area contributed by atoms with Crippen LogP contribution in [0.3, 0.4) is 0 Å². The Bertz CT molecular complexity index is 207. The number of aliphatic carboxylic acids is 1. The van der Waals surface area contributed by atoms with E-state index in [2.05, 4.69) is 0 Å². The Morgan fingerprint density at radius 2 is 2.15 bits per heavy atom. The first-order valence-electron chi connectivity index (χ1n) is 4.44. The molecule has 0 bridgehead atoms. The van der Waals surface area contributed by atoms with Crippen LogP contribution in [0.1, 0.15) is 26.7 Å². The molecule has 1 aliphatic heterocycles. The number of rotatable bonds is 2. The quantitative estimate of drug-likeness (QED) is 0.713. The van der Waals surface area contributed by atoms with E-state index in [4.69, 9.17) is 5.11 Å². The molecule has 0 aliphatic carbocycles. The second-order valence-electron chi connectivity index (χ2n) is 4.12. The van der Waals surface area contributed by atoms with Gasteiger partial charge in [-0.1, -0.05) is 0 Å². The van der Waals surface area contributed by atoms with E-state index < -0.39 is 17.0 Å². The largest absolute Gasteiger partial charge is 0.481 e. The normalized spacial score (nSPS) is 30.1. The number of thioether (sulfide) groups is 1. The summed E-state index contributed by atoms with van der Waals surface area (Å²) in [5.41, 5.74) is -2.08. The average Bonchev–Trinajstić information content (AvgIpc) is 2.05. The van der Waals surface area contributed by atoms with Gasteiger partial charge in [-0.2, -0.15) is 11.8 Å². The van der Waals surface area contributed by atoms with Crippen molar-refractivity contribution < 1.29 is 15.0 Å². The predicted octanol–water partition coefficient (Wildman–Crippen LogP) is 1.36. The van der Waals surface area contributed by atoms with Crippen LogP contribution < -0.4 is 0 Å². The SMILES string of the molecule is CC(C)(C(=O)O)C1(O)CCCSC1. The van der Waals surface area contributed by atoms with Crippen molar-refractivity contribution in [2.75, 3.05) is 11.5 Å². The third-order valence-corrected chi connectivity index (χ3v) is 4.18.